The van der Waals surface area contributed by atoms with Crippen LogP contribution in [0.1, 0.15) is 49.9 Å². The molecule has 0 saturated heterocycles. The van der Waals surface area contributed by atoms with Crippen molar-refractivity contribution in [1.29, 1.82) is 0 Å². The Kier molecular flexibility index (Phi) is 10.7. The molecule has 0 aliphatic carbocycles. The van der Waals surface area contributed by atoms with Crippen molar-refractivity contribution < 1.29 is 0 Å². The van der Waals surface area contributed by atoms with Crippen molar-refractivity contribution in [3.63, 3.8) is 0 Å². The van der Waals surface area contributed by atoms with Crippen LogP contribution in [0.2, 0.25) is 0 Å². The molecule has 0 saturated carbocycles. The molecule has 0 N–H and O–H groups in total. The Morgan fingerprint density at radius 1 is 0.403 bits per heavy atom. The van der Waals surface area contributed by atoms with E-state index in [9.17, 15) is 0 Å². The standard InChI is InChI=1S/C62H53BN4/c1-61(2,47-23-11-6-12-24-47)49-39-50(62(3,4)48-25-13-7-14-26-48)41-55(40-49)66-36-35-65(44-66)54-38-46(45-21-9-5-10-22-45)37-53(42-54)63(51-27-15-8-16-28-51)52-32-33-57-56-29-17-18-30-58(56)67(59(57)43-52)60-31-19-20-34-64-60/h5-43H,44H2,1-4H3. The van der Waals surface area contributed by atoms with Gasteiger partial charge in [-0.1, -0.05) is 214 Å². The normalized spacial score (nSPS) is 12.9. The van der Waals surface area contributed by atoms with Gasteiger partial charge in [-0.2, -0.15) is 0 Å². The van der Waals surface area contributed by atoms with E-state index in [1.54, 1.807) is 0 Å². The second-order valence-electron chi connectivity index (χ2n) is 19.0. The smallest absolute Gasteiger partial charge is 0.241 e. The summed E-state index contributed by atoms with van der Waals surface area (Å²) in [6.07, 6.45) is 6.38. The largest absolute Gasteiger partial charge is 0.328 e. The first-order chi connectivity index (χ1) is 32.7. The van der Waals surface area contributed by atoms with Gasteiger partial charge in [0.2, 0.25) is 6.71 Å². The quantitative estimate of drug-likeness (QED) is 0.121. The topological polar surface area (TPSA) is 24.3 Å². The third kappa shape index (κ3) is 7.81. The highest BCUT2D eigenvalue weighted by molar-refractivity contribution is 6.95. The van der Waals surface area contributed by atoms with Crippen LogP contribution in [0.25, 0.3) is 38.8 Å². The zero-order valence-corrected chi connectivity index (χ0v) is 38.6. The molecule has 2 aromatic heterocycles. The maximum Gasteiger partial charge on any atom is 0.241 e. The second-order valence-corrected chi connectivity index (χ2v) is 19.0. The fourth-order valence-corrected chi connectivity index (χ4v) is 10.2. The minimum absolute atomic E-state index is 0.0504. The van der Waals surface area contributed by atoms with Crippen LogP contribution in [-0.2, 0) is 10.8 Å². The van der Waals surface area contributed by atoms with Crippen molar-refractivity contribution in [1.82, 2.24) is 9.55 Å². The summed E-state index contributed by atoms with van der Waals surface area (Å²) in [5.41, 5.74) is 15.4. The van der Waals surface area contributed by atoms with E-state index in [0.717, 1.165) is 22.5 Å². The van der Waals surface area contributed by atoms with Crippen LogP contribution in [0, 0.1) is 0 Å². The van der Waals surface area contributed by atoms with Crippen molar-refractivity contribution in [2.75, 3.05) is 16.5 Å². The highest BCUT2D eigenvalue weighted by atomic mass is 15.3. The maximum atomic E-state index is 4.85. The van der Waals surface area contributed by atoms with Gasteiger partial charge in [-0.25, -0.2) is 4.98 Å². The summed E-state index contributed by atoms with van der Waals surface area (Å²) >= 11 is 0. The van der Waals surface area contributed by atoms with E-state index in [4.69, 9.17) is 4.98 Å². The molecule has 1 aliphatic rings. The summed E-state index contributed by atoms with van der Waals surface area (Å²) in [5, 5.41) is 2.43. The van der Waals surface area contributed by atoms with Gasteiger partial charge >= 0.3 is 0 Å². The van der Waals surface area contributed by atoms with Crippen molar-refractivity contribution in [3.05, 3.63) is 259 Å². The van der Waals surface area contributed by atoms with Gasteiger partial charge in [-0.05, 0) is 81.9 Å². The summed E-state index contributed by atoms with van der Waals surface area (Å²) in [4.78, 5) is 9.65. The van der Waals surface area contributed by atoms with Crippen LogP contribution in [-0.4, -0.2) is 22.9 Å². The Balaban J connectivity index is 1.03. The SMILES string of the molecule is CC(C)(c1ccccc1)c1cc(N2C=CN(c3cc(B(c4ccccc4)c4ccc5c6ccccc6n(-c6ccccn6)c5c4)cc(-c4ccccc4)c3)C2)cc(C(C)(C)c2ccccc2)c1. The van der Waals surface area contributed by atoms with Gasteiger partial charge in [-0.15, -0.1) is 0 Å². The maximum absolute atomic E-state index is 4.85. The number of nitrogens with zero attached hydrogens (tertiary/aromatic N) is 4. The van der Waals surface area contributed by atoms with Gasteiger partial charge in [0.15, 0.2) is 0 Å². The fourth-order valence-electron chi connectivity index (χ4n) is 10.2. The molecule has 1 aliphatic heterocycles. The predicted octanol–water partition coefficient (Wildman–Crippen LogP) is 12.8. The number of benzene rings is 8. The summed E-state index contributed by atoms with van der Waals surface area (Å²) < 4.78 is 2.31. The molecular weight excluding hydrogens is 812 g/mol. The van der Waals surface area contributed by atoms with E-state index >= 15 is 0 Å². The van der Waals surface area contributed by atoms with Crippen LogP contribution in [0.15, 0.2) is 237 Å². The lowest BCUT2D eigenvalue weighted by Crippen LogP contribution is -2.52. The first kappa shape index (κ1) is 41.8. The van der Waals surface area contributed by atoms with Gasteiger partial charge in [0.05, 0.1) is 17.7 Å². The molecule has 3 heterocycles. The van der Waals surface area contributed by atoms with Gasteiger partial charge in [0, 0.05) is 51.6 Å². The Morgan fingerprint density at radius 3 is 1.58 bits per heavy atom. The fraction of sp³-hybridized carbons (Fsp3) is 0.113. The average molecular weight is 865 g/mol. The second kappa shape index (κ2) is 17.2. The lowest BCUT2D eigenvalue weighted by atomic mass is 9.36. The third-order valence-electron chi connectivity index (χ3n) is 14.2. The average Bonchev–Trinajstić information content (AvgIpc) is 4.02. The Bertz CT molecular complexity index is 3310. The zero-order valence-electron chi connectivity index (χ0n) is 38.6. The highest BCUT2D eigenvalue weighted by Crippen LogP contribution is 2.41. The number of anilines is 2. The van der Waals surface area contributed by atoms with Crippen LogP contribution < -0.4 is 26.2 Å². The van der Waals surface area contributed by atoms with Crippen molar-refractivity contribution in [2.24, 2.45) is 0 Å². The first-order valence-electron chi connectivity index (χ1n) is 23.4. The molecule has 8 aromatic carbocycles. The number of hydrogen-bond donors (Lipinski definition) is 0. The van der Waals surface area contributed by atoms with E-state index in [1.807, 2.05) is 12.3 Å². The van der Waals surface area contributed by atoms with Crippen molar-refractivity contribution >= 4 is 56.3 Å². The third-order valence-corrected chi connectivity index (χ3v) is 14.2. The van der Waals surface area contributed by atoms with E-state index in [-0.39, 0.29) is 17.5 Å². The number of pyridine rings is 1. The molecule has 0 amide bonds. The summed E-state index contributed by atoms with van der Waals surface area (Å²) in [6.45, 7) is 10.0. The minimum Gasteiger partial charge on any atom is -0.328 e. The molecule has 4 nitrogen and oxygen atoms in total. The molecule has 11 rings (SSSR count). The number of rotatable bonds is 11. The van der Waals surface area contributed by atoms with Crippen molar-refractivity contribution in [2.45, 2.75) is 38.5 Å². The molecule has 5 heteroatoms. The van der Waals surface area contributed by atoms with Gasteiger partial charge in [-0.3, -0.25) is 4.57 Å². The zero-order chi connectivity index (χ0) is 45.5. The summed E-state index contributed by atoms with van der Waals surface area (Å²) in [5.74, 6) is 0.908. The number of para-hydroxylation sites is 1. The molecular formula is C62H53BN4. The van der Waals surface area contributed by atoms with Gasteiger partial charge in [0.25, 0.3) is 0 Å². The minimum atomic E-state index is -0.220. The molecule has 0 unspecified atom stereocenters. The lowest BCUT2D eigenvalue weighted by Gasteiger charge is -2.33. The van der Waals surface area contributed by atoms with Crippen LogP contribution in [0.3, 0.4) is 0 Å². The Morgan fingerprint density at radius 2 is 0.955 bits per heavy atom. The molecule has 10 aromatic rings. The van der Waals surface area contributed by atoms with Crippen LogP contribution >= 0.6 is 0 Å². The molecule has 0 atom stereocenters. The number of aromatic nitrogens is 2. The Labute approximate surface area is 395 Å². The first-order valence-corrected chi connectivity index (χ1v) is 23.4. The molecule has 0 fully saturated rings. The van der Waals surface area contributed by atoms with Crippen molar-refractivity contribution in [3.8, 4) is 16.9 Å². The molecule has 0 bridgehead atoms. The van der Waals surface area contributed by atoms with E-state index < -0.39 is 0 Å². The van der Waals surface area contributed by atoms with E-state index in [2.05, 4.69) is 267 Å². The lowest BCUT2D eigenvalue weighted by molar-refractivity contribution is 0.617. The number of hydrogen-bond acceptors (Lipinski definition) is 3. The molecule has 0 spiro atoms. The molecule has 324 valence electrons. The molecule has 0 radical (unpaired) electrons. The summed E-state index contributed by atoms with van der Waals surface area (Å²) in [7, 11) is 0. The predicted molar refractivity (Wildman–Crippen MR) is 284 cm³/mol. The Hall–Kier alpha value is -7.89. The van der Waals surface area contributed by atoms with E-state index in [1.165, 1.54) is 66.2 Å². The number of fused-ring (bicyclic) bond motifs is 3. The highest BCUT2D eigenvalue weighted by Gasteiger charge is 2.31. The monoisotopic (exact) mass is 864 g/mol. The summed E-state index contributed by atoms with van der Waals surface area (Å²) in [6, 6.07) is 79.9. The van der Waals surface area contributed by atoms with Crippen LogP contribution in [0.4, 0.5) is 11.4 Å². The van der Waals surface area contributed by atoms with Gasteiger partial charge in [0.1, 0.15) is 5.82 Å². The molecule has 67 heavy (non-hydrogen) atoms. The van der Waals surface area contributed by atoms with E-state index in [0.29, 0.717) is 6.67 Å². The van der Waals surface area contributed by atoms with Gasteiger partial charge < -0.3 is 9.80 Å². The van der Waals surface area contributed by atoms with Crippen LogP contribution in [0.5, 0.6) is 0 Å².